The van der Waals surface area contributed by atoms with E-state index in [1.54, 1.807) is 0 Å². The highest BCUT2D eigenvalue weighted by Crippen LogP contribution is 2.38. The summed E-state index contributed by atoms with van der Waals surface area (Å²) in [6.45, 7) is 1.68. The van der Waals surface area contributed by atoms with Gasteiger partial charge in [-0.05, 0) is 36.1 Å². The molecule has 0 aliphatic carbocycles. The van der Waals surface area contributed by atoms with E-state index in [2.05, 4.69) is 4.74 Å². The minimum Gasteiger partial charge on any atom is -0.465 e. The van der Waals surface area contributed by atoms with E-state index in [0.717, 1.165) is 18.1 Å². The van der Waals surface area contributed by atoms with E-state index in [-0.39, 0.29) is 30.6 Å². The van der Waals surface area contributed by atoms with Gasteiger partial charge in [-0.3, -0.25) is 0 Å². The van der Waals surface area contributed by atoms with Crippen LogP contribution in [-0.4, -0.2) is 42.3 Å². The van der Waals surface area contributed by atoms with Gasteiger partial charge in [-0.25, -0.2) is 9.59 Å². The summed E-state index contributed by atoms with van der Waals surface area (Å²) < 4.78 is 44.7. The molecule has 0 atom stereocenters. The van der Waals surface area contributed by atoms with Gasteiger partial charge in [0.2, 0.25) is 0 Å². The standard InChI is InChI=1S/C16H16F3NO4/c1-9-7-12(10-3-5-20(6-4-10)15(22)23)13(16(17,18)19)8-11(9)14(21)24-2/h3,7-8H,4-6H2,1-2H3,(H,22,23). The summed E-state index contributed by atoms with van der Waals surface area (Å²) in [5.41, 5.74) is -0.316. The van der Waals surface area contributed by atoms with Crippen LogP contribution in [0.4, 0.5) is 18.0 Å². The molecule has 24 heavy (non-hydrogen) atoms. The van der Waals surface area contributed by atoms with Crippen LogP contribution in [0.3, 0.4) is 0 Å². The number of hydrogen-bond donors (Lipinski definition) is 1. The van der Waals surface area contributed by atoms with Gasteiger partial charge in [-0.15, -0.1) is 0 Å². The molecule has 1 aromatic rings. The maximum Gasteiger partial charge on any atom is 0.417 e. The molecule has 2 rings (SSSR count). The first-order valence-electron chi connectivity index (χ1n) is 7.12. The predicted octanol–water partition coefficient (Wildman–Crippen LogP) is 3.57. The molecule has 1 aliphatic heterocycles. The van der Waals surface area contributed by atoms with Crippen LogP contribution in [0.5, 0.6) is 0 Å². The Morgan fingerprint density at radius 2 is 1.96 bits per heavy atom. The Kier molecular flexibility index (Phi) is 4.86. The molecule has 5 nitrogen and oxygen atoms in total. The number of hydrogen-bond acceptors (Lipinski definition) is 3. The lowest BCUT2D eigenvalue weighted by Gasteiger charge is -2.26. The number of aryl methyl sites for hydroxylation is 1. The average molecular weight is 343 g/mol. The highest BCUT2D eigenvalue weighted by molar-refractivity contribution is 5.92. The van der Waals surface area contributed by atoms with E-state index in [1.807, 2.05) is 0 Å². The van der Waals surface area contributed by atoms with Crippen LogP contribution >= 0.6 is 0 Å². The molecule has 0 unspecified atom stereocenters. The minimum atomic E-state index is -4.64. The van der Waals surface area contributed by atoms with E-state index in [0.29, 0.717) is 11.1 Å². The molecule has 1 N–H and O–H groups in total. The van der Waals surface area contributed by atoms with E-state index >= 15 is 0 Å². The van der Waals surface area contributed by atoms with Gasteiger partial charge in [-0.2, -0.15) is 13.2 Å². The second-order valence-electron chi connectivity index (χ2n) is 5.41. The van der Waals surface area contributed by atoms with Crippen molar-refractivity contribution < 1.29 is 32.6 Å². The van der Waals surface area contributed by atoms with E-state index < -0.39 is 23.8 Å². The maximum absolute atomic E-state index is 13.4. The summed E-state index contributed by atoms with van der Waals surface area (Å²) in [6, 6.07) is 2.10. The number of benzene rings is 1. The largest absolute Gasteiger partial charge is 0.465 e. The van der Waals surface area contributed by atoms with Crippen molar-refractivity contribution in [2.75, 3.05) is 20.2 Å². The van der Waals surface area contributed by atoms with E-state index in [9.17, 15) is 22.8 Å². The molecule has 1 amide bonds. The fourth-order valence-electron chi connectivity index (χ4n) is 2.63. The van der Waals surface area contributed by atoms with Crippen LogP contribution in [0.15, 0.2) is 18.2 Å². The second kappa shape index (κ2) is 6.54. The number of ether oxygens (including phenoxy) is 1. The molecular formula is C16H16F3NO4. The number of alkyl halides is 3. The normalized spacial score (nSPS) is 15.0. The zero-order valence-electron chi connectivity index (χ0n) is 13.1. The summed E-state index contributed by atoms with van der Waals surface area (Å²) in [6.07, 6.45) is -4.11. The second-order valence-corrected chi connectivity index (χ2v) is 5.41. The molecule has 0 radical (unpaired) electrons. The van der Waals surface area contributed by atoms with Gasteiger partial charge in [0.15, 0.2) is 0 Å². The third-order valence-electron chi connectivity index (χ3n) is 3.90. The molecule has 0 saturated heterocycles. The number of carbonyl (C=O) groups excluding carboxylic acids is 1. The highest BCUT2D eigenvalue weighted by Gasteiger charge is 2.36. The summed E-state index contributed by atoms with van der Waals surface area (Å²) in [5.74, 6) is -0.834. The van der Waals surface area contributed by atoms with Gasteiger partial charge in [0.25, 0.3) is 0 Å². The average Bonchev–Trinajstić information content (AvgIpc) is 2.52. The van der Waals surface area contributed by atoms with Gasteiger partial charge >= 0.3 is 18.2 Å². The van der Waals surface area contributed by atoms with Gasteiger partial charge in [0, 0.05) is 13.1 Å². The van der Waals surface area contributed by atoms with Crippen LogP contribution in [-0.2, 0) is 10.9 Å². The van der Waals surface area contributed by atoms with Crippen molar-refractivity contribution in [1.82, 2.24) is 4.90 Å². The number of amides is 1. The molecule has 130 valence electrons. The monoisotopic (exact) mass is 343 g/mol. The lowest BCUT2D eigenvalue weighted by molar-refractivity contribution is -0.137. The van der Waals surface area contributed by atoms with Crippen LogP contribution in [0.25, 0.3) is 5.57 Å². The third-order valence-corrected chi connectivity index (χ3v) is 3.90. The SMILES string of the molecule is COC(=O)c1cc(C(F)(F)F)c(C2=CCN(C(=O)O)CC2)cc1C. The first-order valence-corrected chi connectivity index (χ1v) is 7.12. The maximum atomic E-state index is 13.4. The Balaban J connectivity index is 2.52. The fraction of sp³-hybridized carbons (Fsp3) is 0.375. The fourth-order valence-corrected chi connectivity index (χ4v) is 2.63. The summed E-state index contributed by atoms with van der Waals surface area (Å²) in [7, 11) is 1.10. The minimum absolute atomic E-state index is 0.0275. The van der Waals surface area contributed by atoms with Crippen LogP contribution < -0.4 is 0 Å². The van der Waals surface area contributed by atoms with Crippen LogP contribution in [0.2, 0.25) is 0 Å². The number of halogens is 3. The number of carboxylic acid groups (broad SMARTS) is 1. The molecule has 0 fully saturated rings. The molecule has 0 saturated carbocycles. The highest BCUT2D eigenvalue weighted by atomic mass is 19.4. The number of methoxy groups -OCH3 is 1. The Hall–Kier alpha value is -2.51. The Bertz CT molecular complexity index is 710. The molecule has 0 spiro atoms. The first-order chi connectivity index (χ1) is 11.1. The molecule has 0 bridgehead atoms. The Labute approximate surface area is 136 Å². The molecule has 1 aliphatic rings. The zero-order valence-corrected chi connectivity index (χ0v) is 13.1. The molecule has 8 heteroatoms. The molecule has 1 aromatic carbocycles. The molecular weight excluding hydrogens is 327 g/mol. The van der Waals surface area contributed by atoms with Gasteiger partial charge in [-0.1, -0.05) is 12.1 Å². The van der Waals surface area contributed by atoms with Gasteiger partial charge in [0.05, 0.1) is 18.2 Å². The number of nitrogens with zero attached hydrogens (tertiary/aromatic N) is 1. The topological polar surface area (TPSA) is 66.8 Å². The van der Waals surface area contributed by atoms with Crippen molar-refractivity contribution in [3.63, 3.8) is 0 Å². The number of rotatable bonds is 2. The van der Waals surface area contributed by atoms with Gasteiger partial charge < -0.3 is 14.7 Å². The smallest absolute Gasteiger partial charge is 0.417 e. The first kappa shape index (κ1) is 17.8. The van der Waals surface area contributed by atoms with Crippen LogP contribution in [0, 0.1) is 6.92 Å². The Morgan fingerprint density at radius 1 is 1.29 bits per heavy atom. The van der Waals surface area contributed by atoms with Crippen LogP contribution in [0.1, 0.15) is 33.5 Å². The van der Waals surface area contributed by atoms with E-state index in [4.69, 9.17) is 5.11 Å². The van der Waals surface area contributed by atoms with Crippen molar-refractivity contribution >= 4 is 17.6 Å². The summed E-state index contributed by atoms with van der Waals surface area (Å²) >= 11 is 0. The Morgan fingerprint density at radius 3 is 2.42 bits per heavy atom. The lowest BCUT2D eigenvalue weighted by Crippen LogP contribution is -2.33. The van der Waals surface area contributed by atoms with Gasteiger partial charge in [0.1, 0.15) is 0 Å². The number of esters is 1. The molecule has 0 aromatic heterocycles. The van der Waals surface area contributed by atoms with Crippen molar-refractivity contribution in [3.8, 4) is 0 Å². The van der Waals surface area contributed by atoms with Crippen molar-refractivity contribution in [3.05, 3.63) is 40.5 Å². The predicted molar refractivity (Wildman–Crippen MR) is 79.7 cm³/mol. The third kappa shape index (κ3) is 3.52. The molecule has 1 heterocycles. The lowest BCUT2D eigenvalue weighted by atomic mass is 9.90. The summed E-state index contributed by atoms with van der Waals surface area (Å²) in [5, 5.41) is 8.91. The van der Waals surface area contributed by atoms with E-state index in [1.165, 1.54) is 19.1 Å². The van der Waals surface area contributed by atoms with Crippen molar-refractivity contribution in [1.29, 1.82) is 0 Å². The van der Waals surface area contributed by atoms with Crippen molar-refractivity contribution in [2.24, 2.45) is 0 Å². The number of carbonyl (C=O) groups is 2. The quantitative estimate of drug-likeness (QED) is 0.834. The van der Waals surface area contributed by atoms with Crippen molar-refractivity contribution in [2.45, 2.75) is 19.5 Å². The summed E-state index contributed by atoms with van der Waals surface area (Å²) in [4.78, 5) is 23.7. The zero-order chi connectivity index (χ0) is 18.1.